The number of carbonyl (C=O) groups is 1. The Morgan fingerprint density at radius 1 is 1.21 bits per heavy atom. The molecule has 0 aliphatic carbocycles. The number of carbonyl (C=O) groups excluding carboxylic acids is 1. The molecule has 0 aromatic heterocycles. The van der Waals surface area contributed by atoms with Crippen molar-refractivity contribution in [3.63, 3.8) is 0 Å². The fraction of sp³-hybridized carbons (Fsp3) is 0.350. The average molecular weight is 441 g/mol. The molecule has 1 fully saturated rings. The highest BCUT2D eigenvalue weighted by Gasteiger charge is 2.28. The van der Waals surface area contributed by atoms with Crippen molar-refractivity contribution >= 4 is 27.5 Å². The molecule has 0 unspecified atom stereocenters. The Morgan fingerprint density at radius 3 is 2.59 bits per heavy atom. The minimum atomic E-state index is -4.05. The zero-order valence-electron chi connectivity index (χ0n) is 15.7. The van der Waals surface area contributed by atoms with Gasteiger partial charge in [0.2, 0.25) is 15.9 Å². The molecule has 1 N–H and O–H groups in total. The summed E-state index contributed by atoms with van der Waals surface area (Å²) in [5.74, 6) is -1.02. The van der Waals surface area contributed by atoms with Gasteiger partial charge in [-0.3, -0.25) is 4.79 Å². The van der Waals surface area contributed by atoms with E-state index in [1.165, 1.54) is 42.5 Å². The van der Waals surface area contributed by atoms with Gasteiger partial charge in [0.05, 0.1) is 17.5 Å². The molecule has 0 spiro atoms. The van der Waals surface area contributed by atoms with E-state index in [0.717, 1.165) is 17.1 Å². The Kier molecular flexibility index (Phi) is 7.23. The van der Waals surface area contributed by atoms with E-state index in [1.54, 1.807) is 6.07 Å². The Bertz CT molecular complexity index is 947. The summed E-state index contributed by atoms with van der Waals surface area (Å²) in [6.07, 6.45) is 1.72. The molecule has 0 radical (unpaired) electrons. The van der Waals surface area contributed by atoms with Crippen LogP contribution in [0.4, 0.5) is 4.39 Å². The monoisotopic (exact) mass is 440 g/mol. The number of hydrogen-bond acceptors (Lipinski definition) is 4. The van der Waals surface area contributed by atoms with Crippen LogP contribution in [0.15, 0.2) is 53.4 Å². The fourth-order valence-electron chi connectivity index (χ4n) is 3.05. The van der Waals surface area contributed by atoms with Crippen molar-refractivity contribution in [2.45, 2.75) is 30.4 Å². The van der Waals surface area contributed by atoms with Gasteiger partial charge in [0.25, 0.3) is 0 Å². The van der Waals surface area contributed by atoms with Crippen LogP contribution in [0.3, 0.4) is 0 Å². The Labute approximate surface area is 174 Å². The summed E-state index contributed by atoms with van der Waals surface area (Å²) in [5.41, 5.74) is 0.178. The molecule has 1 amide bonds. The molecular weight excluding hydrogens is 419 g/mol. The number of amides is 1. The van der Waals surface area contributed by atoms with Crippen molar-refractivity contribution in [2.75, 3.05) is 19.7 Å². The van der Waals surface area contributed by atoms with E-state index in [9.17, 15) is 17.6 Å². The third-order valence-corrected chi connectivity index (χ3v) is 6.68. The summed E-state index contributed by atoms with van der Waals surface area (Å²) in [6, 6.07) is 11.5. The van der Waals surface area contributed by atoms with Gasteiger partial charge in [-0.15, -0.1) is 0 Å². The summed E-state index contributed by atoms with van der Waals surface area (Å²) in [7, 11) is -4.05. The summed E-state index contributed by atoms with van der Waals surface area (Å²) >= 11 is 5.85. The van der Waals surface area contributed by atoms with Crippen LogP contribution in [0.1, 0.15) is 18.4 Å². The third-order valence-electron chi connectivity index (χ3n) is 4.63. The summed E-state index contributed by atoms with van der Waals surface area (Å²) in [4.78, 5) is 12.4. The second-order valence-corrected chi connectivity index (χ2v) is 9.13. The van der Waals surface area contributed by atoms with Gasteiger partial charge in [-0.05, 0) is 43.2 Å². The Balaban J connectivity index is 1.79. The van der Waals surface area contributed by atoms with Gasteiger partial charge in [0.1, 0.15) is 5.82 Å². The smallest absolute Gasteiger partial charge is 0.243 e. The van der Waals surface area contributed by atoms with Gasteiger partial charge in [0.15, 0.2) is 0 Å². The number of sulfonamides is 1. The number of nitrogens with zero attached hydrogens (tertiary/aromatic N) is 1. The van der Waals surface area contributed by atoms with Crippen LogP contribution in [0.2, 0.25) is 5.02 Å². The normalized spacial score (nSPS) is 16.9. The molecule has 1 aliphatic rings. The van der Waals surface area contributed by atoms with Gasteiger partial charge < -0.3 is 10.1 Å². The molecule has 1 atom stereocenters. The molecule has 156 valence electrons. The van der Waals surface area contributed by atoms with E-state index < -0.39 is 28.3 Å². The van der Waals surface area contributed by atoms with Crippen molar-refractivity contribution in [3.8, 4) is 0 Å². The second-order valence-electron chi connectivity index (χ2n) is 6.76. The Morgan fingerprint density at radius 2 is 1.93 bits per heavy atom. The lowest BCUT2D eigenvalue weighted by Crippen LogP contribution is -2.42. The van der Waals surface area contributed by atoms with Crippen LogP contribution in [0.5, 0.6) is 0 Å². The highest BCUT2D eigenvalue weighted by molar-refractivity contribution is 7.89. The van der Waals surface area contributed by atoms with Gasteiger partial charge in [0, 0.05) is 30.3 Å². The number of hydrogen-bond donors (Lipinski definition) is 1. The molecule has 1 aliphatic heterocycles. The maximum absolute atomic E-state index is 14.1. The van der Waals surface area contributed by atoms with Crippen molar-refractivity contribution in [2.24, 2.45) is 0 Å². The van der Waals surface area contributed by atoms with E-state index >= 15 is 0 Å². The predicted molar refractivity (Wildman–Crippen MR) is 107 cm³/mol. The molecule has 29 heavy (non-hydrogen) atoms. The van der Waals surface area contributed by atoms with E-state index in [1.807, 2.05) is 0 Å². The lowest BCUT2D eigenvalue weighted by molar-refractivity contribution is -0.121. The lowest BCUT2D eigenvalue weighted by atomic mass is 10.2. The number of halogens is 2. The maximum Gasteiger partial charge on any atom is 0.243 e. The van der Waals surface area contributed by atoms with Crippen LogP contribution in [-0.2, 0) is 26.1 Å². The van der Waals surface area contributed by atoms with E-state index in [0.29, 0.717) is 18.2 Å². The highest BCUT2D eigenvalue weighted by atomic mass is 35.5. The third kappa shape index (κ3) is 5.76. The van der Waals surface area contributed by atoms with Gasteiger partial charge in [-0.25, -0.2) is 12.8 Å². The van der Waals surface area contributed by atoms with Crippen molar-refractivity contribution in [1.29, 1.82) is 0 Å². The molecule has 9 heteroatoms. The number of benzene rings is 2. The van der Waals surface area contributed by atoms with Crippen LogP contribution >= 0.6 is 11.6 Å². The van der Waals surface area contributed by atoms with Gasteiger partial charge in [-0.1, -0.05) is 29.8 Å². The quantitative estimate of drug-likeness (QED) is 0.684. The molecule has 1 saturated heterocycles. The van der Waals surface area contributed by atoms with Crippen molar-refractivity contribution < 1.29 is 22.3 Å². The van der Waals surface area contributed by atoms with Crippen LogP contribution in [0.25, 0.3) is 0 Å². The maximum atomic E-state index is 14.1. The summed E-state index contributed by atoms with van der Waals surface area (Å²) in [6.45, 7) is 0.259. The molecule has 0 bridgehead atoms. The number of rotatable bonds is 8. The van der Waals surface area contributed by atoms with Crippen LogP contribution < -0.4 is 5.32 Å². The Hall–Kier alpha value is -2.00. The van der Waals surface area contributed by atoms with Crippen molar-refractivity contribution in [1.82, 2.24) is 9.62 Å². The zero-order valence-corrected chi connectivity index (χ0v) is 17.3. The first-order valence-corrected chi connectivity index (χ1v) is 11.1. The molecule has 1 heterocycles. The number of nitrogens with one attached hydrogen (secondary N) is 1. The highest BCUT2D eigenvalue weighted by Crippen LogP contribution is 2.21. The van der Waals surface area contributed by atoms with E-state index in [4.69, 9.17) is 16.3 Å². The SMILES string of the molecule is O=C(CN(Cc1ccccc1F)S(=O)(=O)c1ccc(Cl)cc1)NC[C@H]1CCCO1. The largest absolute Gasteiger partial charge is 0.376 e. The van der Waals surface area contributed by atoms with Crippen LogP contribution in [0, 0.1) is 5.82 Å². The molecule has 0 saturated carbocycles. The minimum Gasteiger partial charge on any atom is -0.376 e. The minimum absolute atomic E-state index is 0.0230. The molecule has 2 aromatic carbocycles. The van der Waals surface area contributed by atoms with Gasteiger partial charge in [-0.2, -0.15) is 4.31 Å². The molecule has 3 rings (SSSR count). The second kappa shape index (κ2) is 9.67. The summed E-state index contributed by atoms with van der Waals surface area (Å²) < 4.78 is 46.8. The predicted octanol–water partition coefficient (Wildman–Crippen LogP) is 2.97. The van der Waals surface area contributed by atoms with E-state index in [-0.39, 0.29) is 23.1 Å². The summed E-state index contributed by atoms with van der Waals surface area (Å²) in [5, 5.41) is 3.09. The first kappa shape index (κ1) is 21.7. The zero-order chi connectivity index (χ0) is 20.9. The topological polar surface area (TPSA) is 75.7 Å². The standard InChI is InChI=1S/C20H22ClFN2O4S/c21-16-7-9-18(10-8-16)29(26,27)24(13-15-4-1-2-6-19(15)22)14-20(25)23-12-17-5-3-11-28-17/h1-2,4,6-10,17H,3,5,11-14H2,(H,23,25)/t17-/m1/s1. The first-order valence-electron chi connectivity index (χ1n) is 9.23. The van der Waals surface area contributed by atoms with Crippen molar-refractivity contribution in [3.05, 3.63) is 64.9 Å². The molecule has 2 aromatic rings. The molecule has 6 nitrogen and oxygen atoms in total. The van der Waals surface area contributed by atoms with Gasteiger partial charge >= 0.3 is 0 Å². The number of ether oxygens (including phenoxy) is 1. The first-order chi connectivity index (χ1) is 13.9. The van der Waals surface area contributed by atoms with E-state index in [2.05, 4.69) is 5.32 Å². The fourth-order valence-corrected chi connectivity index (χ4v) is 4.55. The average Bonchev–Trinajstić information content (AvgIpc) is 3.21. The van der Waals surface area contributed by atoms with Crippen LogP contribution in [-0.4, -0.2) is 44.4 Å². The lowest BCUT2D eigenvalue weighted by Gasteiger charge is -2.22. The molecular formula is C20H22ClFN2O4S.